The first-order chi connectivity index (χ1) is 13.4. The molecule has 0 aliphatic carbocycles. The van der Waals surface area contributed by atoms with Crippen LogP contribution < -0.4 is 5.56 Å². The van der Waals surface area contributed by atoms with Crippen molar-refractivity contribution in [2.45, 2.75) is 39.3 Å². The Balaban J connectivity index is 1.57. The number of carbonyl (C=O) groups excluding carboxylic acids is 2. The van der Waals surface area contributed by atoms with Crippen LogP contribution in [0.2, 0.25) is 0 Å². The summed E-state index contributed by atoms with van der Waals surface area (Å²) >= 11 is 0. The summed E-state index contributed by atoms with van der Waals surface area (Å²) in [6.45, 7) is 4.17. The maximum Gasteiger partial charge on any atom is 0.338 e. The highest BCUT2D eigenvalue weighted by Gasteiger charge is 2.22. The zero-order valence-corrected chi connectivity index (χ0v) is 15.8. The smallest absolute Gasteiger partial charge is 0.338 e. The van der Waals surface area contributed by atoms with E-state index in [1.54, 1.807) is 41.8 Å². The minimum Gasteiger partial charge on any atom is -0.451 e. The topological polar surface area (TPSA) is 78.3 Å². The predicted molar refractivity (Wildman–Crippen MR) is 105 cm³/mol. The van der Waals surface area contributed by atoms with Gasteiger partial charge in [0.15, 0.2) is 6.10 Å². The Labute approximate surface area is 161 Å². The third kappa shape index (κ3) is 3.22. The van der Waals surface area contributed by atoms with E-state index in [2.05, 4.69) is 4.98 Å². The molecule has 142 valence electrons. The number of ketones is 1. The summed E-state index contributed by atoms with van der Waals surface area (Å²) in [6, 6.07) is 11.8. The van der Waals surface area contributed by atoms with Crippen LogP contribution in [-0.4, -0.2) is 27.4 Å². The molecule has 6 heteroatoms. The summed E-state index contributed by atoms with van der Waals surface area (Å²) in [5.74, 6) is -0.133. The van der Waals surface area contributed by atoms with Gasteiger partial charge in [0, 0.05) is 18.5 Å². The van der Waals surface area contributed by atoms with E-state index >= 15 is 0 Å². The van der Waals surface area contributed by atoms with E-state index < -0.39 is 12.1 Å². The number of nitrogens with zero attached hydrogens (tertiary/aromatic N) is 2. The molecular weight excluding hydrogens is 356 g/mol. The molecule has 1 aromatic heterocycles. The SMILES string of the molecule is Cc1ccc(C(=O)[C@@H](C)OC(=O)c2ccc3c(=O)n4c(nc3c2)CCC4)cc1. The van der Waals surface area contributed by atoms with Crippen molar-refractivity contribution in [3.8, 4) is 0 Å². The quantitative estimate of drug-likeness (QED) is 0.516. The Morgan fingerprint density at radius 1 is 1.11 bits per heavy atom. The summed E-state index contributed by atoms with van der Waals surface area (Å²) in [5, 5.41) is 0.478. The molecule has 0 fully saturated rings. The second kappa shape index (κ2) is 7.03. The van der Waals surface area contributed by atoms with E-state index in [0.717, 1.165) is 24.2 Å². The number of carbonyl (C=O) groups is 2. The van der Waals surface area contributed by atoms with Gasteiger partial charge in [-0.3, -0.25) is 14.2 Å². The van der Waals surface area contributed by atoms with Gasteiger partial charge in [0.25, 0.3) is 5.56 Å². The number of rotatable bonds is 4. The number of benzene rings is 2. The van der Waals surface area contributed by atoms with Crippen LogP contribution in [0.15, 0.2) is 47.3 Å². The van der Waals surface area contributed by atoms with Gasteiger partial charge in [-0.05, 0) is 38.5 Å². The first-order valence-corrected chi connectivity index (χ1v) is 9.29. The number of esters is 1. The first-order valence-electron chi connectivity index (χ1n) is 9.29. The van der Waals surface area contributed by atoms with Crippen LogP contribution in [0.3, 0.4) is 0 Å². The van der Waals surface area contributed by atoms with Crippen LogP contribution in [0, 0.1) is 6.92 Å². The van der Waals surface area contributed by atoms with Crippen LogP contribution in [-0.2, 0) is 17.7 Å². The standard InChI is InChI=1S/C22H20N2O4/c1-13-5-7-15(8-6-13)20(25)14(2)28-22(27)16-9-10-17-18(12-16)23-19-4-3-11-24(19)21(17)26/h5-10,12,14H,3-4,11H2,1-2H3/t14-/m1/s1. The van der Waals surface area contributed by atoms with E-state index in [1.807, 2.05) is 19.1 Å². The number of aromatic nitrogens is 2. The normalized spacial score (nSPS) is 13.9. The fourth-order valence-corrected chi connectivity index (χ4v) is 3.45. The molecule has 0 saturated carbocycles. The zero-order valence-electron chi connectivity index (χ0n) is 15.8. The van der Waals surface area contributed by atoms with Gasteiger partial charge in [0.2, 0.25) is 5.78 Å². The minimum absolute atomic E-state index is 0.0830. The van der Waals surface area contributed by atoms with Crippen molar-refractivity contribution in [1.82, 2.24) is 9.55 Å². The number of hydrogen-bond donors (Lipinski definition) is 0. The summed E-state index contributed by atoms with van der Waals surface area (Å²) in [5.41, 5.74) is 2.21. The van der Waals surface area contributed by atoms with E-state index in [1.165, 1.54) is 0 Å². The molecule has 0 radical (unpaired) electrons. The van der Waals surface area contributed by atoms with Crippen LogP contribution in [0.4, 0.5) is 0 Å². The third-order valence-electron chi connectivity index (χ3n) is 5.04. The van der Waals surface area contributed by atoms with E-state index in [0.29, 0.717) is 23.0 Å². The zero-order chi connectivity index (χ0) is 19.8. The van der Waals surface area contributed by atoms with Gasteiger partial charge < -0.3 is 4.74 Å². The highest BCUT2D eigenvalue weighted by molar-refractivity contribution is 6.02. The van der Waals surface area contributed by atoms with Crippen LogP contribution in [0.1, 0.15) is 45.4 Å². The average molecular weight is 376 g/mol. The fourth-order valence-electron chi connectivity index (χ4n) is 3.45. The van der Waals surface area contributed by atoms with Gasteiger partial charge in [-0.25, -0.2) is 9.78 Å². The molecule has 1 aliphatic rings. The maximum atomic E-state index is 12.5. The van der Waals surface area contributed by atoms with Crippen molar-refractivity contribution in [2.24, 2.45) is 0 Å². The van der Waals surface area contributed by atoms with Crippen molar-refractivity contribution >= 4 is 22.7 Å². The highest BCUT2D eigenvalue weighted by Crippen LogP contribution is 2.17. The lowest BCUT2D eigenvalue weighted by molar-refractivity contribution is 0.0319. The molecule has 1 atom stereocenters. The van der Waals surface area contributed by atoms with E-state index in [4.69, 9.17) is 4.74 Å². The number of fused-ring (bicyclic) bond motifs is 2. The fraction of sp³-hybridized carbons (Fsp3) is 0.273. The molecule has 0 N–H and O–H groups in total. The molecule has 0 bridgehead atoms. The van der Waals surface area contributed by atoms with Crippen molar-refractivity contribution in [1.29, 1.82) is 0 Å². The van der Waals surface area contributed by atoms with Crippen LogP contribution in [0.25, 0.3) is 10.9 Å². The molecule has 4 rings (SSSR count). The molecule has 6 nitrogen and oxygen atoms in total. The van der Waals surface area contributed by atoms with Gasteiger partial charge in [-0.15, -0.1) is 0 Å². The van der Waals surface area contributed by atoms with Crippen molar-refractivity contribution < 1.29 is 14.3 Å². The number of hydrogen-bond acceptors (Lipinski definition) is 5. The number of aryl methyl sites for hydroxylation is 2. The summed E-state index contributed by atoms with van der Waals surface area (Å²) < 4.78 is 7.04. The molecule has 0 saturated heterocycles. The Hall–Kier alpha value is -3.28. The Morgan fingerprint density at radius 2 is 1.82 bits per heavy atom. The van der Waals surface area contributed by atoms with Crippen LogP contribution in [0.5, 0.6) is 0 Å². The van der Waals surface area contributed by atoms with Gasteiger partial charge in [-0.2, -0.15) is 0 Å². The number of ether oxygens (including phenoxy) is 1. The summed E-state index contributed by atoms with van der Waals surface area (Å²) in [7, 11) is 0. The Kier molecular flexibility index (Phi) is 4.55. The molecule has 28 heavy (non-hydrogen) atoms. The van der Waals surface area contributed by atoms with Gasteiger partial charge in [-0.1, -0.05) is 29.8 Å². The first kappa shape index (κ1) is 18.1. The second-order valence-corrected chi connectivity index (χ2v) is 7.10. The number of Topliss-reactive ketones (excluding diaryl/α,β-unsaturated/α-hetero) is 1. The molecule has 1 aliphatic heterocycles. The summed E-state index contributed by atoms with van der Waals surface area (Å²) in [4.78, 5) is 42.0. The van der Waals surface area contributed by atoms with Crippen molar-refractivity contribution in [2.75, 3.05) is 0 Å². The predicted octanol–water partition coefficient (Wildman–Crippen LogP) is 3.08. The lowest BCUT2D eigenvalue weighted by Gasteiger charge is -2.13. The summed E-state index contributed by atoms with van der Waals surface area (Å²) in [6.07, 6.45) is 0.734. The highest BCUT2D eigenvalue weighted by atomic mass is 16.5. The molecule has 2 heterocycles. The maximum absolute atomic E-state index is 12.5. The van der Waals surface area contributed by atoms with Gasteiger partial charge >= 0.3 is 5.97 Å². The molecule has 0 spiro atoms. The Morgan fingerprint density at radius 3 is 2.57 bits per heavy atom. The largest absolute Gasteiger partial charge is 0.451 e. The monoisotopic (exact) mass is 376 g/mol. The molecule has 0 amide bonds. The molecule has 0 unspecified atom stereocenters. The van der Waals surface area contributed by atoms with Gasteiger partial charge in [0.05, 0.1) is 16.5 Å². The molecule has 2 aromatic carbocycles. The van der Waals surface area contributed by atoms with E-state index in [9.17, 15) is 14.4 Å². The Bertz CT molecular complexity index is 1150. The second-order valence-electron chi connectivity index (χ2n) is 7.10. The van der Waals surface area contributed by atoms with E-state index in [-0.39, 0.29) is 16.9 Å². The minimum atomic E-state index is -0.912. The average Bonchev–Trinajstić information content (AvgIpc) is 3.16. The molecular formula is C22H20N2O4. The van der Waals surface area contributed by atoms with Crippen molar-refractivity contribution in [3.63, 3.8) is 0 Å². The molecule has 3 aromatic rings. The van der Waals surface area contributed by atoms with Crippen molar-refractivity contribution in [3.05, 3.63) is 75.3 Å². The lowest BCUT2D eigenvalue weighted by Crippen LogP contribution is -2.25. The third-order valence-corrected chi connectivity index (χ3v) is 5.04. The lowest BCUT2D eigenvalue weighted by atomic mass is 10.1. The van der Waals surface area contributed by atoms with Gasteiger partial charge in [0.1, 0.15) is 5.82 Å². The van der Waals surface area contributed by atoms with Crippen LogP contribution >= 0.6 is 0 Å².